The van der Waals surface area contributed by atoms with E-state index in [1.54, 1.807) is 13.8 Å². The van der Waals surface area contributed by atoms with Crippen LogP contribution in [0.3, 0.4) is 0 Å². The number of hydrogen-bond acceptors (Lipinski definition) is 3. The molecular formula is C13H22F5N3. The van der Waals surface area contributed by atoms with Gasteiger partial charge in [-0.2, -0.15) is 27.1 Å². The molecule has 21 heavy (non-hydrogen) atoms. The van der Waals surface area contributed by atoms with Gasteiger partial charge in [-0.15, -0.1) is 0 Å². The van der Waals surface area contributed by atoms with E-state index < -0.39 is 24.3 Å². The normalized spacial score (nSPS) is 20.0. The van der Waals surface area contributed by atoms with Crippen LogP contribution in [0.4, 0.5) is 22.0 Å². The van der Waals surface area contributed by atoms with Gasteiger partial charge in [0.1, 0.15) is 6.34 Å². The van der Waals surface area contributed by atoms with E-state index in [0.29, 0.717) is 6.42 Å². The third-order valence-corrected chi connectivity index (χ3v) is 3.44. The van der Waals surface area contributed by atoms with Gasteiger partial charge >= 0.3 is 12.1 Å². The second-order valence-electron chi connectivity index (χ2n) is 5.49. The van der Waals surface area contributed by atoms with Crippen molar-refractivity contribution in [1.29, 1.82) is 0 Å². The van der Waals surface area contributed by atoms with Gasteiger partial charge in [0.15, 0.2) is 6.17 Å². The Morgan fingerprint density at radius 3 is 2.19 bits per heavy atom. The summed E-state index contributed by atoms with van der Waals surface area (Å²) in [6.45, 7) is 5.21. The Morgan fingerprint density at radius 1 is 1.10 bits per heavy atom. The van der Waals surface area contributed by atoms with Gasteiger partial charge in [-0.25, -0.2) is 0 Å². The molecule has 8 heteroatoms. The van der Waals surface area contributed by atoms with Crippen LogP contribution in [-0.4, -0.2) is 47.1 Å². The summed E-state index contributed by atoms with van der Waals surface area (Å²) in [7, 11) is 0. The first-order valence-electron chi connectivity index (χ1n) is 7.15. The van der Waals surface area contributed by atoms with Crippen molar-refractivity contribution in [1.82, 2.24) is 9.91 Å². The highest BCUT2D eigenvalue weighted by Gasteiger charge is 2.66. The molecule has 1 unspecified atom stereocenters. The maximum atomic E-state index is 13.8. The largest absolute Gasteiger partial charge is 0.457 e. The fourth-order valence-electron chi connectivity index (χ4n) is 2.22. The molecule has 0 N–H and O–H groups in total. The molecule has 0 radical (unpaired) electrons. The zero-order chi connectivity index (χ0) is 16.3. The Kier molecular flexibility index (Phi) is 5.81. The van der Waals surface area contributed by atoms with Crippen LogP contribution in [0.25, 0.3) is 0 Å². The quantitative estimate of drug-likeness (QED) is 0.521. The third-order valence-electron chi connectivity index (χ3n) is 3.44. The molecule has 0 saturated heterocycles. The fourth-order valence-corrected chi connectivity index (χ4v) is 2.22. The monoisotopic (exact) mass is 315 g/mol. The summed E-state index contributed by atoms with van der Waals surface area (Å²) in [5.41, 5.74) is 0. The molecule has 0 aromatic carbocycles. The Bertz CT molecular complexity index is 354. The molecule has 3 nitrogen and oxygen atoms in total. The topological polar surface area (TPSA) is 18.8 Å². The van der Waals surface area contributed by atoms with Gasteiger partial charge in [-0.3, -0.25) is 5.01 Å². The van der Waals surface area contributed by atoms with E-state index in [2.05, 4.69) is 5.10 Å². The average Bonchev–Trinajstić information content (AvgIpc) is 2.77. The lowest BCUT2D eigenvalue weighted by atomic mass is 10.1. The lowest BCUT2D eigenvalue weighted by Gasteiger charge is -2.38. The lowest BCUT2D eigenvalue weighted by molar-refractivity contribution is -0.315. The summed E-state index contributed by atoms with van der Waals surface area (Å²) in [6.07, 6.45) is -3.40. The summed E-state index contributed by atoms with van der Waals surface area (Å²) >= 11 is 0. The zero-order valence-corrected chi connectivity index (χ0v) is 12.5. The second kappa shape index (κ2) is 6.79. The highest BCUT2D eigenvalue weighted by Crippen LogP contribution is 2.42. The highest BCUT2D eigenvalue weighted by atomic mass is 19.4. The SMILES string of the molecule is CCCCCCN1N=CN(C(C)C)C1C(F)(F)C(F)(F)F. The molecule has 0 aromatic rings. The first-order chi connectivity index (χ1) is 9.63. The summed E-state index contributed by atoms with van der Waals surface area (Å²) < 4.78 is 65.6. The fraction of sp³-hybridized carbons (Fsp3) is 0.923. The number of hydrazone groups is 1. The number of nitrogens with zero attached hydrogens (tertiary/aromatic N) is 3. The lowest BCUT2D eigenvalue weighted by Crippen LogP contribution is -2.60. The molecule has 0 aliphatic carbocycles. The van der Waals surface area contributed by atoms with Crippen LogP contribution >= 0.6 is 0 Å². The van der Waals surface area contributed by atoms with Crippen molar-refractivity contribution in [2.45, 2.75) is 70.8 Å². The smallest absolute Gasteiger partial charge is 0.332 e. The van der Waals surface area contributed by atoms with E-state index in [1.165, 1.54) is 0 Å². The Balaban J connectivity index is 2.85. The molecule has 1 aliphatic rings. The van der Waals surface area contributed by atoms with Crippen molar-refractivity contribution >= 4 is 6.34 Å². The summed E-state index contributed by atoms with van der Waals surface area (Å²) in [5.74, 6) is -4.83. The van der Waals surface area contributed by atoms with Crippen molar-refractivity contribution in [2.24, 2.45) is 5.10 Å². The average molecular weight is 315 g/mol. The second-order valence-corrected chi connectivity index (χ2v) is 5.49. The zero-order valence-electron chi connectivity index (χ0n) is 12.5. The van der Waals surface area contributed by atoms with Gasteiger partial charge in [0, 0.05) is 12.6 Å². The van der Waals surface area contributed by atoms with E-state index in [0.717, 1.165) is 35.5 Å². The molecular weight excluding hydrogens is 293 g/mol. The van der Waals surface area contributed by atoms with Crippen LogP contribution in [0.15, 0.2) is 5.10 Å². The minimum atomic E-state index is -5.60. The van der Waals surface area contributed by atoms with E-state index in [4.69, 9.17) is 0 Å². The maximum Gasteiger partial charge on any atom is 0.457 e. The number of rotatable bonds is 7. The first-order valence-corrected chi connectivity index (χ1v) is 7.15. The van der Waals surface area contributed by atoms with Crippen LogP contribution in [-0.2, 0) is 0 Å². The van der Waals surface area contributed by atoms with Gasteiger partial charge in [0.25, 0.3) is 0 Å². The van der Waals surface area contributed by atoms with Crippen LogP contribution in [0.2, 0.25) is 0 Å². The van der Waals surface area contributed by atoms with E-state index in [1.807, 2.05) is 6.92 Å². The molecule has 1 heterocycles. The molecule has 0 amide bonds. The van der Waals surface area contributed by atoms with Crippen molar-refractivity contribution in [3.05, 3.63) is 0 Å². The van der Waals surface area contributed by atoms with E-state index >= 15 is 0 Å². The summed E-state index contributed by atoms with van der Waals surface area (Å²) in [6, 6.07) is -0.493. The number of unbranched alkanes of at least 4 members (excludes halogenated alkanes) is 3. The number of halogens is 5. The molecule has 1 atom stereocenters. The van der Waals surface area contributed by atoms with Gasteiger partial charge in [-0.1, -0.05) is 26.2 Å². The van der Waals surface area contributed by atoms with Crippen LogP contribution in [0.1, 0.15) is 46.5 Å². The Hall–Kier alpha value is -1.08. The number of alkyl halides is 5. The predicted molar refractivity (Wildman–Crippen MR) is 71.1 cm³/mol. The first kappa shape index (κ1) is 18.0. The molecule has 0 spiro atoms. The van der Waals surface area contributed by atoms with Gasteiger partial charge < -0.3 is 4.90 Å². The molecule has 0 fully saturated rings. The summed E-state index contributed by atoms with van der Waals surface area (Å²) in [5, 5.41) is 4.62. The molecule has 0 aromatic heterocycles. The van der Waals surface area contributed by atoms with Gasteiger partial charge in [0.05, 0.1) is 0 Å². The van der Waals surface area contributed by atoms with Crippen molar-refractivity contribution in [3.63, 3.8) is 0 Å². The summed E-state index contributed by atoms with van der Waals surface area (Å²) in [4.78, 5) is 0.966. The van der Waals surface area contributed by atoms with Crippen molar-refractivity contribution in [2.75, 3.05) is 6.54 Å². The third kappa shape index (κ3) is 3.97. The maximum absolute atomic E-state index is 13.8. The number of hydrogen-bond donors (Lipinski definition) is 0. The predicted octanol–water partition coefficient (Wildman–Crippen LogP) is 4.06. The van der Waals surface area contributed by atoms with Gasteiger partial charge in [0.2, 0.25) is 0 Å². The van der Waals surface area contributed by atoms with Crippen molar-refractivity contribution in [3.8, 4) is 0 Å². The highest BCUT2D eigenvalue weighted by molar-refractivity contribution is 5.58. The molecule has 1 aliphatic heterocycles. The van der Waals surface area contributed by atoms with Gasteiger partial charge in [-0.05, 0) is 20.3 Å². The minimum absolute atomic E-state index is 0.0933. The molecule has 124 valence electrons. The molecule has 0 bridgehead atoms. The Morgan fingerprint density at radius 2 is 1.71 bits per heavy atom. The molecule has 0 saturated carbocycles. The minimum Gasteiger partial charge on any atom is -0.332 e. The van der Waals surface area contributed by atoms with Crippen molar-refractivity contribution < 1.29 is 22.0 Å². The van der Waals surface area contributed by atoms with Crippen LogP contribution < -0.4 is 0 Å². The Labute approximate surface area is 121 Å². The standard InChI is InChI=1S/C13H22F5N3/c1-4-5-6-7-8-21-11(12(14,15)13(16,17)18)20(9-19-21)10(2)3/h9-11H,4-8H2,1-3H3. The van der Waals surface area contributed by atoms with E-state index in [9.17, 15) is 22.0 Å². The molecule has 1 rings (SSSR count). The van der Waals surface area contributed by atoms with Crippen LogP contribution in [0.5, 0.6) is 0 Å². The van der Waals surface area contributed by atoms with E-state index in [-0.39, 0.29) is 6.54 Å². The van der Waals surface area contributed by atoms with Crippen LogP contribution in [0, 0.1) is 0 Å².